The van der Waals surface area contributed by atoms with E-state index in [-0.39, 0.29) is 5.41 Å². The molecule has 2 rings (SSSR count). The van der Waals surface area contributed by atoms with Gasteiger partial charge in [-0.15, -0.1) is 0 Å². The smallest absolute Gasteiger partial charge is 0.305 e. The summed E-state index contributed by atoms with van der Waals surface area (Å²) in [7, 11) is 2.00. The third-order valence-electron chi connectivity index (χ3n) is 2.73. The lowest BCUT2D eigenvalue weighted by Crippen LogP contribution is -2.71. The molecule has 0 bridgehead atoms. The van der Waals surface area contributed by atoms with Crippen LogP contribution in [0, 0.1) is 5.41 Å². The number of hydrogen-bond donors (Lipinski definition) is 0. The fourth-order valence-corrected chi connectivity index (χ4v) is 2.57. The van der Waals surface area contributed by atoms with Gasteiger partial charge in [-0.3, -0.25) is 4.90 Å². The van der Waals surface area contributed by atoms with Crippen LogP contribution in [0.2, 0.25) is 0 Å². The van der Waals surface area contributed by atoms with E-state index in [9.17, 15) is 13.2 Å². The summed E-state index contributed by atoms with van der Waals surface area (Å²) in [6.45, 7) is 6.43. The summed E-state index contributed by atoms with van der Waals surface area (Å²) in [5, 5.41) is 0. The topological polar surface area (TPSA) is 6.48 Å². The van der Waals surface area contributed by atoms with Crippen LogP contribution in [-0.2, 0) is 0 Å². The average molecular weight is 224 g/mol. The van der Waals surface area contributed by atoms with Gasteiger partial charge in [-0.25, -0.2) is 0 Å². The first-order valence-corrected chi connectivity index (χ1v) is 5.36. The van der Waals surface area contributed by atoms with Gasteiger partial charge in [-0.2, -0.15) is 13.2 Å². The molecule has 5 heteroatoms. The minimum Gasteiger partial charge on any atom is -0.305 e. The van der Waals surface area contributed by atoms with Gasteiger partial charge in [0, 0.05) is 31.6 Å². The molecule has 0 radical (unpaired) electrons. The molecule has 2 nitrogen and oxygen atoms in total. The van der Waals surface area contributed by atoms with E-state index < -0.39 is 12.7 Å². The van der Waals surface area contributed by atoms with Gasteiger partial charge in [0.1, 0.15) is 0 Å². The van der Waals surface area contributed by atoms with Crippen molar-refractivity contribution in [2.45, 2.75) is 20.0 Å². The molecule has 0 aliphatic carbocycles. The number of halogens is 3. The van der Waals surface area contributed by atoms with Gasteiger partial charge in [0.25, 0.3) is 0 Å². The van der Waals surface area contributed by atoms with Crippen LogP contribution in [0.1, 0.15) is 13.8 Å². The Bertz CT molecular complexity index is 201. The maximum Gasteiger partial charge on any atom is 0.401 e. The van der Waals surface area contributed by atoms with Crippen molar-refractivity contribution in [2.75, 3.05) is 39.8 Å². The quantitative estimate of drug-likeness (QED) is 0.670. The van der Waals surface area contributed by atoms with Crippen molar-refractivity contribution >= 4 is 0 Å². The Balaban J connectivity index is 0.000000531. The van der Waals surface area contributed by atoms with Crippen LogP contribution in [0.3, 0.4) is 0 Å². The minimum atomic E-state index is -4.03. The van der Waals surface area contributed by atoms with Crippen molar-refractivity contribution in [3.05, 3.63) is 0 Å². The van der Waals surface area contributed by atoms with Gasteiger partial charge in [-0.1, -0.05) is 13.8 Å². The van der Waals surface area contributed by atoms with Gasteiger partial charge in [0.15, 0.2) is 0 Å². The van der Waals surface area contributed by atoms with Gasteiger partial charge < -0.3 is 4.90 Å². The lowest BCUT2D eigenvalue weighted by molar-refractivity contribution is -0.187. The Morgan fingerprint density at radius 2 is 1.53 bits per heavy atom. The molecule has 0 amide bonds. The molecule has 0 N–H and O–H groups in total. The maximum atomic E-state index is 11.9. The van der Waals surface area contributed by atoms with Crippen molar-refractivity contribution in [3.63, 3.8) is 0 Å². The minimum absolute atomic E-state index is 0.208. The van der Waals surface area contributed by atoms with Gasteiger partial charge in [0.2, 0.25) is 0 Å². The first-order valence-electron chi connectivity index (χ1n) is 5.36. The molecular weight excluding hydrogens is 205 g/mol. The van der Waals surface area contributed by atoms with Gasteiger partial charge in [-0.05, 0) is 7.05 Å². The molecule has 2 heterocycles. The average Bonchev–Trinajstić information content (AvgIpc) is 1.99. The van der Waals surface area contributed by atoms with Crippen molar-refractivity contribution in [1.82, 2.24) is 9.80 Å². The zero-order valence-electron chi connectivity index (χ0n) is 9.56. The standard InChI is InChI=1S/C8H13F3N2.C2H6/c1-12-2-7(3-12)4-13(5-7)6-8(9,10)11;1-2/h2-6H2,1H3;1-2H3. The molecule has 15 heavy (non-hydrogen) atoms. The molecule has 0 unspecified atom stereocenters. The van der Waals surface area contributed by atoms with E-state index in [0.29, 0.717) is 13.1 Å². The number of hydrogen-bond acceptors (Lipinski definition) is 2. The first kappa shape index (κ1) is 12.8. The largest absolute Gasteiger partial charge is 0.401 e. The van der Waals surface area contributed by atoms with Crippen molar-refractivity contribution < 1.29 is 13.2 Å². The zero-order valence-corrected chi connectivity index (χ0v) is 9.56. The second-order valence-electron chi connectivity index (χ2n) is 4.43. The van der Waals surface area contributed by atoms with Crippen LogP contribution in [-0.4, -0.2) is 55.7 Å². The van der Waals surface area contributed by atoms with Crippen LogP contribution in [0.25, 0.3) is 0 Å². The second kappa shape index (κ2) is 4.29. The predicted molar refractivity (Wildman–Crippen MR) is 53.8 cm³/mol. The van der Waals surface area contributed by atoms with Crippen molar-refractivity contribution in [2.24, 2.45) is 5.41 Å². The Morgan fingerprint density at radius 3 is 1.87 bits per heavy atom. The third kappa shape index (κ3) is 3.08. The van der Waals surface area contributed by atoms with E-state index >= 15 is 0 Å². The Hall–Kier alpha value is -0.290. The second-order valence-corrected chi connectivity index (χ2v) is 4.43. The van der Waals surface area contributed by atoms with Crippen LogP contribution < -0.4 is 0 Å². The molecule has 0 saturated carbocycles. The molecule has 1 spiro atoms. The third-order valence-corrected chi connectivity index (χ3v) is 2.73. The van der Waals surface area contributed by atoms with E-state index in [1.165, 1.54) is 4.90 Å². The van der Waals surface area contributed by atoms with E-state index in [1.54, 1.807) is 0 Å². The molecule has 0 atom stereocenters. The van der Waals surface area contributed by atoms with Crippen molar-refractivity contribution in [1.29, 1.82) is 0 Å². The number of nitrogens with zero attached hydrogens (tertiary/aromatic N) is 2. The normalized spacial score (nSPS) is 25.2. The molecule has 2 saturated heterocycles. The maximum absolute atomic E-state index is 11.9. The molecule has 90 valence electrons. The van der Waals surface area contributed by atoms with Crippen LogP contribution in [0.4, 0.5) is 13.2 Å². The monoisotopic (exact) mass is 224 g/mol. The van der Waals surface area contributed by atoms with Gasteiger partial charge in [0.05, 0.1) is 6.54 Å². The highest BCUT2D eigenvalue weighted by Gasteiger charge is 2.52. The van der Waals surface area contributed by atoms with Crippen LogP contribution >= 0.6 is 0 Å². The molecule has 0 aromatic heterocycles. The van der Waals surface area contributed by atoms with Crippen LogP contribution in [0.5, 0.6) is 0 Å². The van der Waals surface area contributed by atoms with E-state index in [1.807, 2.05) is 20.9 Å². The summed E-state index contributed by atoms with van der Waals surface area (Å²) in [6.07, 6.45) is -4.03. The van der Waals surface area contributed by atoms with Gasteiger partial charge >= 0.3 is 6.18 Å². The highest BCUT2D eigenvalue weighted by Crippen LogP contribution is 2.39. The summed E-state index contributed by atoms with van der Waals surface area (Å²) < 4.78 is 35.8. The molecule has 2 aliphatic rings. The molecule has 0 aromatic rings. The number of rotatable bonds is 1. The molecule has 2 aliphatic heterocycles. The Kier molecular flexibility index (Phi) is 3.66. The van der Waals surface area contributed by atoms with E-state index in [0.717, 1.165) is 13.1 Å². The SMILES string of the molecule is CC.CN1CC2(C1)CN(CC(F)(F)F)C2. The summed E-state index contributed by atoms with van der Waals surface area (Å²) in [4.78, 5) is 3.62. The lowest BCUT2D eigenvalue weighted by Gasteiger charge is -2.59. The Morgan fingerprint density at radius 1 is 1.07 bits per heavy atom. The summed E-state index contributed by atoms with van der Waals surface area (Å²) >= 11 is 0. The number of likely N-dealkylation sites (tertiary alicyclic amines) is 2. The highest BCUT2D eigenvalue weighted by molar-refractivity contribution is 5.04. The van der Waals surface area contributed by atoms with E-state index in [2.05, 4.69) is 4.90 Å². The Labute approximate surface area is 89.0 Å². The lowest BCUT2D eigenvalue weighted by atomic mass is 9.73. The molecule has 2 fully saturated rings. The summed E-state index contributed by atoms with van der Waals surface area (Å²) in [5.74, 6) is 0. The highest BCUT2D eigenvalue weighted by atomic mass is 19.4. The molecule has 0 aromatic carbocycles. The number of alkyl halides is 3. The predicted octanol–water partition coefficient (Wildman–Crippen LogP) is 1.82. The fourth-order valence-electron chi connectivity index (χ4n) is 2.57. The first-order chi connectivity index (χ1) is 6.89. The fraction of sp³-hybridized carbons (Fsp3) is 1.00. The zero-order chi connectivity index (χ0) is 11.7. The molecular formula is C10H19F3N2. The van der Waals surface area contributed by atoms with Crippen LogP contribution in [0.15, 0.2) is 0 Å². The summed E-state index contributed by atoms with van der Waals surface area (Å²) in [5.41, 5.74) is 0.208. The van der Waals surface area contributed by atoms with E-state index in [4.69, 9.17) is 0 Å². The van der Waals surface area contributed by atoms with Crippen molar-refractivity contribution in [3.8, 4) is 0 Å². The summed E-state index contributed by atoms with van der Waals surface area (Å²) in [6, 6.07) is 0.